The summed E-state index contributed by atoms with van der Waals surface area (Å²) in [6, 6.07) is 0. The Morgan fingerprint density at radius 1 is 1.41 bits per heavy atom. The first-order valence-corrected chi connectivity index (χ1v) is 5.17. The van der Waals surface area contributed by atoms with Gasteiger partial charge in [0.2, 0.25) is 0 Å². The van der Waals surface area contributed by atoms with Crippen molar-refractivity contribution in [3.8, 4) is 0 Å². The van der Waals surface area contributed by atoms with E-state index in [2.05, 4.69) is 0 Å². The Kier molecular flexibility index (Phi) is 3.69. The van der Waals surface area contributed by atoms with Gasteiger partial charge in [0, 0.05) is 12.8 Å². The lowest BCUT2D eigenvalue weighted by atomic mass is 9.89. The standard InChI is InChI=1S/C10H14FNO5/c1-6(13)2-3-10(8(14)15)4-7(11)5-12(10)9(16)17/h7H,2-5H2,1H3,(H,14,15)(H,16,17). The SMILES string of the molecule is CC(=O)CCC1(C(=O)O)CC(F)CN1C(=O)O. The summed E-state index contributed by atoms with van der Waals surface area (Å²) in [5.74, 6) is -1.65. The van der Waals surface area contributed by atoms with Gasteiger partial charge in [-0.3, -0.25) is 4.90 Å². The molecule has 0 aromatic heterocycles. The molecule has 2 atom stereocenters. The molecule has 1 fully saturated rings. The number of hydrogen-bond acceptors (Lipinski definition) is 3. The van der Waals surface area contributed by atoms with E-state index in [9.17, 15) is 18.8 Å². The number of Topliss-reactive ketones (excluding diaryl/α,β-unsaturated/α-hetero) is 1. The highest BCUT2D eigenvalue weighted by Gasteiger charge is 2.54. The zero-order chi connectivity index (χ0) is 13.2. The number of carbonyl (C=O) groups excluding carboxylic acids is 1. The maximum absolute atomic E-state index is 13.3. The van der Waals surface area contributed by atoms with E-state index in [0.29, 0.717) is 4.90 Å². The first kappa shape index (κ1) is 13.4. The van der Waals surface area contributed by atoms with Crippen LogP contribution >= 0.6 is 0 Å². The molecule has 2 N–H and O–H groups in total. The minimum absolute atomic E-state index is 0.0806. The van der Waals surface area contributed by atoms with Crippen molar-refractivity contribution in [2.24, 2.45) is 0 Å². The van der Waals surface area contributed by atoms with E-state index in [1.807, 2.05) is 0 Å². The Hall–Kier alpha value is -1.66. The van der Waals surface area contributed by atoms with Gasteiger partial charge in [-0.15, -0.1) is 0 Å². The fraction of sp³-hybridized carbons (Fsp3) is 0.700. The summed E-state index contributed by atoms with van der Waals surface area (Å²) < 4.78 is 13.3. The highest BCUT2D eigenvalue weighted by molar-refractivity contribution is 5.86. The van der Waals surface area contributed by atoms with Gasteiger partial charge in [-0.25, -0.2) is 14.0 Å². The van der Waals surface area contributed by atoms with Crippen LogP contribution in [0.1, 0.15) is 26.2 Å². The Labute approximate surface area is 97.0 Å². The van der Waals surface area contributed by atoms with E-state index >= 15 is 0 Å². The maximum Gasteiger partial charge on any atom is 0.408 e. The molecule has 96 valence electrons. The number of alkyl halides is 1. The molecule has 0 aromatic rings. The van der Waals surface area contributed by atoms with E-state index in [1.165, 1.54) is 6.92 Å². The molecule has 1 saturated heterocycles. The average Bonchev–Trinajstić information content (AvgIpc) is 2.54. The van der Waals surface area contributed by atoms with Crippen molar-refractivity contribution < 1.29 is 29.0 Å². The van der Waals surface area contributed by atoms with Crippen molar-refractivity contribution in [2.75, 3.05) is 6.54 Å². The second-order valence-electron chi connectivity index (χ2n) is 4.23. The van der Waals surface area contributed by atoms with Gasteiger partial charge in [-0.1, -0.05) is 0 Å². The largest absolute Gasteiger partial charge is 0.479 e. The summed E-state index contributed by atoms with van der Waals surface area (Å²) >= 11 is 0. The van der Waals surface area contributed by atoms with Crippen molar-refractivity contribution in [1.29, 1.82) is 0 Å². The molecule has 6 nitrogen and oxygen atoms in total. The van der Waals surface area contributed by atoms with E-state index in [0.717, 1.165) is 0 Å². The smallest absolute Gasteiger partial charge is 0.408 e. The van der Waals surface area contributed by atoms with Crippen molar-refractivity contribution in [3.63, 3.8) is 0 Å². The quantitative estimate of drug-likeness (QED) is 0.769. The Balaban J connectivity index is 2.99. The van der Waals surface area contributed by atoms with Crippen LogP contribution in [0.15, 0.2) is 0 Å². The van der Waals surface area contributed by atoms with Crippen LogP contribution in [0.3, 0.4) is 0 Å². The molecule has 0 aliphatic carbocycles. The second-order valence-corrected chi connectivity index (χ2v) is 4.23. The number of rotatable bonds is 4. The van der Waals surface area contributed by atoms with Gasteiger partial charge in [0.15, 0.2) is 0 Å². The van der Waals surface area contributed by atoms with E-state index in [-0.39, 0.29) is 18.6 Å². The number of hydrogen-bond donors (Lipinski definition) is 2. The van der Waals surface area contributed by atoms with Crippen molar-refractivity contribution in [2.45, 2.75) is 37.9 Å². The van der Waals surface area contributed by atoms with Crippen LogP contribution in [0.4, 0.5) is 9.18 Å². The zero-order valence-electron chi connectivity index (χ0n) is 9.35. The van der Waals surface area contributed by atoms with Gasteiger partial charge in [-0.05, 0) is 13.3 Å². The number of aliphatic carboxylic acids is 1. The van der Waals surface area contributed by atoms with E-state index < -0.39 is 36.7 Å². The minimum Gasteiger partial charge on any atom is -0.479 e. The van der Waals surface area contributed by atoms with Crippen LogP contribution in [0, 0.1) is 0 Å². The van der Waals surface area contributed by atoms with E-state index in [4.69, 9.17) is 10.2 Å². The lowest BCUT2D eigenvalue weighted by Crippen LogP contribution is -2.52. The highest BCUT2D eigenvalue weighted by atomic mass is 19.1. The number of ketones is 1. The predicted octanol–water partition coefficient (Wildman–Crippen LogP) is 0.901. The van der Waals surface area contributed by atoms with E-state index in [1.54, 1.807) is 0 Å². The molecule has 17 heavy (non-hydrogen) atoms. The Morgan fingerprint density at radius 3 is 2.41 bits per heavy atom. The predicted molar refractivity (Wildman–Crippen MR) is 54.5 cm³/mol. The van der Waals surface area contributed by atoms with Gasteiger partial charge >= 0.3 is 12.1 Å². The summed E-state index contributed by atoms with van der Waals surface area (Å²) in [6.45, 7) is 0.822. The topological polar surface area (TPSA) is 94.9 Å². The van der Waals surface area contributed by atoms with Crippen molar-refractivity contribution in [1.82, 2.24) is 4.90 Å². The first-order valence-electron chi connectivity index (χ1n) is 5.17. The molecule has 1 amide bonds. The lowest BCUT2D eigenvalue weighted by Gasteiger charge is -2.31. The molecule has 0 saturated carbocycles. The molecule has 2 unspecified atom stereocenters. The summed E-state index contributed by atoms with van der Waals surface area (Å²) in [5.41, 5.74) is -1.81. The summed E-state index contributed by atoms with van der Waals surface area (Å²) in [4.78, 5) is 33.6. The first-order chi connectivity index (χ1) is 7.79. The fourth-order valence-corrected chi connectivity index (χ4v) is 2.10. The Bertz CT molecular complexity index is 359. The molecule has 1 heterocycles. The molecular weight excluding hydrogens is 233 g/mol. The molecule has 0 aromatic carbocycles. The molecule has 0 spiro atoms. The number of carboxylic acid groups (broad SMARTS) is 2. The van der Waals surface area contributed by atoms with Gasteiger partial charge in [0.05, 0.1) is 6.54 Å². The number of carboxylic acids is 1. The zero-order valence-corrected chi connectivity index (χ0v) is 9.35. The third kappa shape index (κ3) is 2.54. The average molecular weight is 247 g/mol. The molecule has 1 rings (SSSR count). The fourth-order valence-electron chi connectivity index (χ4n) is 2.10. The van der Waals surface area contributed by atoms with Gasteiger partial charge < -0.3 is 15.0 Å². The minimum atomic E-state index is -1.81. The Morgan fingerprint density at radius 2 is 2.00 bits per heavy atom. The molecule has 1 aliphatic rings. The van der Waals surface area contributed by atoms with Crippen molar-refractivity contribution >= 4 is 17.8 Å². The normalized spacial score (nSPS) is 28.1. The number of likely N-dealkylation sites (tertiary alicyclic amines) is 1. The van der Waals surface area contributed by atoms with Gasteiger partial charge in [0.25, 0.3) is 0 Å². The monoisotopic (exact) mass is 247 g/mol. The number of nitrogens with zero attached hydrogens (tertiary/aromatic N) is 1. The van der Waals surface area contributed by atoms with Crippen LogP contribution in [0.5, 0.6) is 0 Å². The molecular formula is C10H14FNO5. The van der Waals surface area contributed by atoms with Gasteiger partial charge in [-0.2, -0.15) is 0 Å². The van der Waals surface area contributed by atoms with Crippen LogP contribution < -0.4 is 0 Å². The summed E-state index contributed by atoms with van der Waals surface area (Å²) in [6.07, 6.45) is -3.65. The molecule has 0 radical (unpaired) electrons. The third-order valence-corrected chi connectivity index (χ3v) is 2.98. The third-order valence-electron chi connectivity index (χ3n) is 2.98. The summed E-state index contributed by atoms with van der Waals surface area (Å²) in [7, 11) is 0. The van der Waals surface area contributed by atoms with Gasteiger partial charge in [0.1, 0.15) is 17.5 Å². The van der Waals surface area contributed by atoms with Crippen LogP contribution in [0.2, 0.25) is 0 Å². The number of amides is 1. The van der Waals surface area contributed by atoms with Crippen LogP contribution in [-0.2, 0) is 9.59 Å². The summed E-state index contributed by atoms with van der Waals surface area (Å²) in [5, 5.41) is 18.0. The lowest BCUT2D eigenvalue weighted by molar-refractivity contribution is -0.149. The number of carbonyl (C=O) groups is 3. The molecule has 7 heteroatoms. The molecule has 0 bridgehead atoms. The highest BCUT2D eigenvalue weighted by Crippen LogP contribution is 2.35. The maximum atomic E-state index is 13.3. The second kappa shape index (κ2) is 4.68. The molecule has 1 aliphatic heterocycles. The number of halogens is 1. The van der Waals surface area contributed by atoms with Crippen LogP contribution in [-0.4, -0.2) is 51.2 Å². The van der Waals surface area contributed by atoms with Crippen molar-refractivity contribution in [3.05, 3.63) is 0 Å². The van der Waals surface area contributed by atoms with Crippen LogP contribution in [0.25, 0.3) is 0 Å².